The molecule has 1 aliphatic carbocycles. The maximum atomic E-state index is 12.4. The molecule has 1 aromatic heterocycles. The van der Waals surface area contributed by atoms with Crippen LogP contribution in [0.4, 0.5) is 0 Å². The Balaban J connectivity index is 1.60. The molecule has 3 aliphatic rings. The predicted molar refractivity (Wildman–Crippen MR) is 71.8 cm³/mol. The zero-order valence-electron chi connectivity index (χ0n) is 10.3. The van der Waals surface area contributed by atoms with Gasteiger partial charge in [-0.2, -0.15) is 0 Å². The number of amides is 1. The second-order valence-electron chi connectivity index (χ2n) is 5.06. The summed E-state index contributed by atoms with van der Waals surface area (Å²) in [6, 6.07) is 0. The van der Waals surface area contributed by atoms with E-state index >= 15 is 0 Å². The summed E-state index contributed by atoms with van der Waals surface area (Å²) >= 11 is 1.83. The average Bonchev–Trinajstić information content (AvgIpc) is 2.99. The number of thioether (sulfide) groups is 1. The first-order valence-electron chi connectivity index (χ1n) is 6.54. The smallest absolute Gasteiger partial charge is 0.231 e. The number of carbonyl (C=O) groups is 1. The summed E-state index contributed by atoms with van der Waals surface area (Å²) in [6.07, 6.45) is 8.16. The predicted octanol–water partition coefficient (Wildman–Crippen LogP) is 1.32. The van der Waals surface area contributed by atoms with Crippen LogP contribution in [0.25, 0.3) is 0 Å². The molecule has 1 amide bonds. The van der Waals surface area contributed by atoms with Crippen LogP contribution in [0.3, 0.4) is 0 Å². The van der Waals surface area contributed by atoms with Crippen LogP contribution in [-0.2, 0) is 4.79 Å². The molecule has 5 nitrogen and oxygen atoms in total. The summed E-state index contributed by atoms with van der Waals surface area (Å²) in [7, 11) is 0. The average molecular weight is 274 g/mol. The van der Waals surface area contributed by atoms with Gasteiger partial charge >= 0.3 is 0 Å². The van der Waals surface area contributed by atoms with Gasteiger partial charge in [0.25, 0.3) is 0 Å². The van der Waals surface area contributed by atoms with Crippen LogP contribution in [0.1, 0.15) is 31.1 Å². The first-order valence-corrected chi connectivity index (χ1v) is 7.42. The Bertz CT molecular complexity index is 559. The van der Waals surface area contributed by atoms with Gasteiger partial charge < -0.3 is 5.32 Å². The van der Waals surface area contributed by atoms with Gasteiger partial charge in [-0.1, -0.05) is 0 Å². The fourth-order valence-electron chi connectivity index (χ4n) is 3.09. The van der Waals surface area contributed by atoms with Crippen LogP contribution < -0.4 is 10.6 Å². The Morgan fingerprint density at radius 1 is 1.32 bits per heavy atom. The monoisotopic (exact) mass is 274 g/mol. The molecule has 1 fully saturated rings. The highest BCUT2D eigenvalue weighted by Gasteiger charge is 2.46. The standard InChI is InChI=1S/C13H14N4OS/c18-12-10-7-2-1-3-9(7)19-13(10)17-11(16-12)8-6-14-4-5-15-8/h4-6,10-11,13,17H,1-3H2,(H,16,18). The topological polar surface area (TPSA) is 66.9 Å². The molecule has 2 aliphatic heterocycles. The van der Waals surface area contributed by atoms with Gasteiger partial charge in [-0.3, -0.25) is 20.1 Å². The molecule has 4 rings (SSSR count). The lowest BCUT2D eigenvalue weighted by Gasteiger charge is -2.34. The summed E-state index contributed by atoms with van der Waals surface area (Å²) in [5, 5.41) is 6.65. The minimum Gasteiger partial charge on any atom is -0.335 e. The molecule has 3 heterocycles. The molecule has 6 heteroatoms. The molecular formula is C13H14N4OS. The zero-order chi connectivity index (χ0) is 12.8. The maximum absolute atomic E-state index is 12.4. The molecule has 1 aromatic rings. The van der Waals surface area contributed by atoms with E-state index in [0.717, 1.165) is 18.5 Å². The van der Waals surface area contributed by atoms with Gasteiger partial charge in [-0.15, -0.1) is 11.8 Å². The Hall–Kier alpha value is -1.40. The van der Waals surface area contributed by atoms with E-state index < -0.39 is 0 Å². The van der Waals surface area contributed by atoms with Crippen molar-refractivity contribution in [2.45, 2.75) is 30.8 Å². The summed E-state index contributed by atoms with van der Waals surface area (Å²) in [4.78, 5) is 22.1. The third-order valence-electron chi connectivity index (χ3n) is 3.93. The van der Waals surface area contributed by atoms with Crippen LogP contribution in [0.5, 0.6) is 0 Å². The van der Waals surface area contributed by atoms with Crippen molar-refractivity contribution in [1.82, 2.24) is 20.6 Å². The maximum Gasteiger partial charge on any atom is 0.231 e. The van der Waals surface area contributed by atoms with Gasteiger partial charge in [0.2, 0.25) is 5.91 Å². The van der Waals surface area contributed by atoms with Gasteiger partial charge in [0.1, 0.15) is 6.17 Å². The van der Waals surface area contributed by atoms with Crippen molar-refractivity contribution in [2.24, 2.45) is 5.92 Å². The van der Waals surface area contributed by atoms with Crippen molar-refractivity contribution >= 4 is 17.7 Å². The highest BCUT2D eigenvalue weighted by molar-refractivity contribution is 8.04. The largest absolute Gasteiger partial charge is 0.335 e. The normalized spacial score (nSPS) is 33.1. The number of hydrogen-bond acceptors (Lipinski definition) is 5. The van der Waals surface area contributed by atoms with Gasteiger partial charge in [-0.25, -0.2) is 0 Å². The lowest BCUT2D eigenvalue weighted by molar-refractivity contribution is -0.127. The molecule has 0 saturated carbocycles. The van der Waals surface area contributed by atoms with Gasteiger partial charge in [-0.05, 0) is 29.7 Å². The molecule has 0 aromatic carbocycles. The van der Waals surface area contributed by atoms with Gasteiger partial charge in [0.15, 0.2) is 0 Å². The second kappa shape index (κ2) is 4.31. The molecule has 0 bridgehead atoms. The quantitative estimate of drug-likeness (QED) is 0.808. The number of nitrogens with one attached hydrogen (secondary N) is 2. The third-order valence-corrected chi connectivity index (χ3v) is 5.35. The summed E-state index contributed by atoms with van der Waals surface area (Å²) in [5.41, 5.74) is 2.12. The van der Waals surface area contributed by atoms with E-state index in [4.69, 9.17) is 0 Å². The number of hydrogen-bond donors (Lipinski definition) is 2. The Labute approximate surface area is 115 Å². The summed E-state index contributed by atoms with van der Waals surface area (Å²) in [5.74, 6) is 0.134. The highest BCUT2D eigenvalue weighted by atomic mass is 32.2. The second-order valence-corrected chi connectivity index (χ2v) is 6.29. The van der Waals surface area contributed by atoms with E-state index in [9.17, 15) is 4.79 Å². The highest BCUT2D eigenvalue weighted by Crippen LogP contribution is 2.50. The number of aromatic nitrogens is 2. The number of allylic oxidation sites excluding steroid dienone is 1. The van der Waals surface area contributed by atoms with Gasteiger partial charge in [0, 0.05) is 12.4 Å². The molecular weight excluding hydrogens is 260 g/mol. The first kappa shape index (κ1) is 11.4. The van der Waals surface area contributed by atoms with Crippen molar-refractivity contribution < 1.29 is 4.79 Å². The first-order chi connectivity index (χ1) is 9.33. The van der Waals surface area contributed by atoms with Crippen molar-refractivity contribution in [2.75, 3.05) is 0 Å². The SMILES string of the molecule is O=C1NC(c2cnccn2)NC2SC3=C(CCC3)C12. The molecule has 19 heavy (non-hydrogen) atoms. The Morgan fingerprint density at radius 3 is 3.11 bits per heavy atom. The number of nitrogens with zero attached hydrogens (tertiary/aromatic N) is 2. The summed E-state index contributed by atoms with van der Waals surface area (Å²) in [6.45, 7) is 0. The minimum absolute atomic E-state index is 0.00965. The van der Waals surface area contributed by atoms with Crippen molar-refractivity contribution in [3.8, 4) is 0 Å². The van der Waals surface area contributed by atoms with Crippen molar-refractivity contribution in [3.05, 3.63) is 34.8 Å². The van der Waals surface area contributed by atoms with E-state index in [1.165, 1.54) is 16.9 Å². The Morgan fingerprint density at radius 2 is 2.26 bits per heavy atom. The van der Waals surface area contributed by atoms with E-state index in [0.29, 0.717) is 0 Å². The molecule has 1 saturated heterocycles. The van der Waals surface area contributed by atoms with E-state index in [1.54, 1.807) is 18.6 Å². The lowest BCUT2D eigenvalue weighted by atomic mass is 9.95. The lowest BCUT2D eigenvalue weighted by Crippen LogP contribution is -2.54. The third kappa shape index (κ3) is 1.78. The van der Waals surface area contributed by atoms with Crippen LogP contribution >= 0.6 is 11.8 Å². The van der Waals surface area contributed by atoms with Gasteiger partial charge in [0.05, 0.1) is 23.2 Å². The molecule has 0 radical (unpaired) electrons. The fourth-order valence-corrected chi connectivity index (χ4v) is 4.67. The number of fused-ring (bicyclic) bond motifs is 2. The van der Waals surface area contributed by atoms with Crippen LogP contribution in [0.15, 0.2) is 29.1 Å². The van der Waals surface area contributed by atoms with Crippen molar-refractivity contribution in [1.29, 1.82) is 0 Å². The minimum atomic E-state index is -0.227. The van der Waals surface area contributed by atoms with Crippen LogP contribution in [0.2, 0.25) is 0 Å². The molecule has 2 N–H and O–H groups in total. The molecule has 0 spiro atoms. The fraction of sp³-hybridized carbons (Fsp3) is 0.462. The van der Waals surface area contributed by atoms with Crippen LogP contribution in [0, 0.1) is 5.92 Å². The molecule has 3 unspecified atom stereocenters. The van der Waals surface area contributed by atoms with Crippen LogP contribution in [-0.4, -0.2) is 21.2 Å². The zero-order valence-corrected chi connectivity index (χ0v) is 11.1. The van der Waals surface area contributed by atoms with E-state index in [1.807, 2.05) is 11.8 Å². The Kier molecular flexibility index (Phi) is 2.60. The number of rotatable bonds is 1. The molecule has 3 atom stereocenters. The van der Waals surface area contributed by atoms with E-state index in [-0.39, 0.29) is 23.4 Å². The van der Waals surface area contributed by atoms with Crippen molar-refractivity contribution in [3.63, 3.8) is 0 Å². The summed E-state index contributed by atoms with van der Waals surface area (Å²) < 4.78 is 0. The van der Waals surface area contributed by atoms with E-state index in [2.05, 4.69) is 20.6 Å². The molecule has 98 valence electrons. The number of carbonyl (C=O) groups excluding carboxylic acids is 1.